The van der Waals surface area contributed by atoms with Gasteiger partial charge in [-0.3, -0.25) is 4.79 Å². The number of benzene rings is 1. The molecule has 0 atom stereocenters. The van der Waals surface area contributed by atoms with Crippen molar-refractivity contribution < 1.29 is 4.79 Å². The Morgan fingerprint density at radius 1 is 1.27 bits per heavy atom. The Hall–Kier alpha value is -2.86. The van der Waals surface area contributed by atoms with E-state index in [2.05, 4.69) is 17.2 Å². The van der Waals surface area contributed by atoms with Gasteiger partial charge in [0.2, 0.25) is 0 Å². The van der Waals surface area contributed by atoms with Crippen LogP contribution in [0.2, 0.25) is 0 Å². The highest BCUT2D eigenvalue weighted by Gasteiger charge is 2.19. The van der Waals surface area contributed by atoms with E-state index in [4.69, 9.17) is 4.98 Å². The molecule has 0 radical (unpaired) electrons. The number of amides is 1. The van der Waals surface area contributed by atoms with Gasteiger partial charge in [0.15, 0.2) is 5.13 Å². The number of aromatic amines is 1. The zero-order valence-electron chi connectivity index (χ0n) is 14.5. The first-order chi connectivity index (χ1) is 12.7. The number of thiazole rings is 1. The first kappa shape index (κ1) is 16.6. The molecule has 0 saturated carbocycles. The van der Waals surface area contributed by atoms with Crippen LogP contribution in [-0.2, 0) is 6.42 Å². The molecule has 4 aromatic rings. The average molecular weight is 364 g/mol. The van der Waals surface area contributed by atoms with Crippen molar-refractivity contribution in [1.29, 1.82) is 0 Å². The number of H-pyrrole nitrogens is 1. The summed E-state index contributed by atoms with van der Waals surface area (Å²) in [6.45, 7) is 2.14. The minimum Gasteiger partial charge on any atom is -0.361 e. The molecule has 5 nitrogen and oxygen atoms in total. The van der Waals surface area contributed by atoms with Crippen LogP contribution >= 0.6 is 11.3 Å². The number of carbonyl (C=O) groups is 1. The molecule has 0 bridgehead atoms. The summed E-state index contributed by atoms with van der Waals surface area (Å²) in [7, 11) is 0. The number of aromatic nitrogens is 3. The lowest BCUT2D eigenvalue weighted by molar-refractivity contribution is 0.102. The van der Waals surface area contributed by atoms with Crippen molar-refractivity contribution in [2.45, 2.75) is 26.2 Å². The Bertz CT molecular complexity index is 1030. The van der Waals surface area contributed by atoms with E-state index < -0.39 is 0 Å². The van der Waals surface area contributed by atoms with Crippen molar-refractivity contribution in [3.05, 3.63) is 65.6 Å². The molecule has 0 aliphatic rings. The molecule has 0 aliphatic heterocycles. The topological polar surface area (TPSA) is 62.7 Å². The third kappa shape index (κ3) is 3.28. The summed E-state index contributed by atoms with van der Waals surface area (Å²) < 4.78 is 1.95. The minimum absolute atomic E-state index is 0.0955. The van der Waals surface area contributed by atoms with E-state index in [9.17, 15) is 4.79 Å². The fourth-order valence-corrected chi connectivity index (χ4v) is 3.90. The number of fused-ring (bicyclic) bond motifs is 1. The number of anilines is 1. The lowest BCUT2D eigenvalue weighted by atomic mass is 10.2. The van der Waals surface area contributed by atoms with Gasteiger partial charge in [0.1, 0.15) is 4.88 Å². The van der Waals surface area contributed by atoms with Crippen molar-refractivity contribution in [2.24, 2.45) is 0 Å². The van der Waals surface area contributed by atoms with Crippen molar-refractivity contribution >= 4 is 33.8 Å². The van der Waals surface area contributed by atoms with Gasteiger partial charge in [-0.2, -0.15) is 0 Å². The fourth-order valence-electron chi connectivity index (χ4n) is 2.92. The van der Waals surface area contributed by atoms with Gasteiger partial charge in [0.05, 0.1) is 5.69 Å². The number of carbonyl (C=O) groups excluding carboxylic acids is 1. The van der Waals surface area contributed by atoms with Crippen LogP contribution in [0.4, 0.5) is 5.69 Å². The second kappa shape index (κ2) is 7.17. The number of rotatable bonds is 6. The van der Waals surface area contributed by atoms with Crippen LogP contribution in [0.5, 0.6) is 0 Å². The largest absolute Gasteiger partial charge is 0.361 e. The molecule has 26 heavy (non-hydrogen) atoms. The van der Waals surface area contributed by atoms with Gasteiger partial charge in [-0.1, -0.05) is 24.7 Å². The van der Waals surface area contributed by atoms with Crippen LogP contribution in [0.1, 0.15) is 35.1 Å². The van der Waals surface area contributed by atoms with Crippen molar-refractivity contribution in [3.8, 4) is 5.13 Å². The number of hydrogen-bond donors (Lipinski definition) is 2. The summed E-state index contributed by atoms with van der Waals surface area (Å²) in [5.74, 6) is -0.0955. The third-order valence-corrected chi connectivity index (χ3v) is 5.41. The third-order valence-electron chi connectivity index (χ3n) is 4.30. The summed E-state index contributed by atoms with van der Waals surface area (Å²) in [6, 6.07) is 11.8. The van der Waals surface area contributed by atoms with Gasteiger partial charge >= 0.3 is 0 Å². The highest BCUT2D eigenvalue weighted by atomic mass is 32.1. The Morgan fingerprint density at radius 2 is 2.12 bits per heavy atom. The standard InChI is InChI=1S/C20H20N4OS/c1-2-3-6-17-18(26-20(23-17)24-11-4-5-12-24)19(25)22-15-7-8-16-14(13-15)9-10-21-16/h4-5,7-13,21H,2-3,6H2,1H3,(H,22,25). The van der Waals surface area contributed by atoms with Crippen LogP contribution in [0, 0.1) is 0 Å². The van der Waals surface area contributed by atoms with Gasteiger partial charge in [-0.05, 0) is 49.2 Å². The fraction of sp³-hybridized carbons (Fsp3) is 0.200. The van der Waals surface area contributed by atoms with E-state index in [1.165, 1.54) is 11.3 Å². The Labute approximate surface area is 155 Å². The Balaban J connectivity index is 1.62. The van der Waals surface area contributed by atoms with E-state index >= 15 is 0 Å². The van der Waals surface area contributed by atoms with E-state index in [1.807, 2.05) is 59.6 Å². The maximum absolute atomic E-state index is 12.9. The number of aryl methyl sites for hydroxylation is 1. The first-order valence-electron chi connectivity index (χ1n) is 8.76. The van der Waals surface area contributed by atoms with Gasteiger partial charge in [-0.25, -0.2) is 4.98 Å². The molecule has 3 heterocycles. The molecule has 0 aliphatic carbocycles. The SMILES string of the molecule is CCCCc1nc(-n2cccc2)sc1C(=O)Nc1ccc2[nH]ccc2c1. The minimum atomic E-state index is -0.0955. The van der Waals surface area contributed by atoms with E-state index in [0.717, 1.165) is 46.7 Å². The second-order valence-electron chi connectivity index (χ2n) is 6.20. The summed E-state index contributed by atoms with van der Waals surface area (Å²) in [4.78, 5) is 21.5. The van der Waals surface area contributed by atoms with Crippen molar-refractivity contribution in [1.82, 2.24) is 14.5 Å². The highest BCUT2D eigenvalue weighted by Crippen LogP contribution is 2.26. The van der Waals surface area contributed by atoms with Crippen molar-refractivity contribution in [2.75, 3.05) is 5.32 Å². The molecular weight excluding hydrogens is 344 g/mol. The maximum Gasteiger partial charge on any atom is 0.267 e. The zero-order chi connectivity index (χ0) is 17.9. The second-order valence-corrected chi connectivity index (χ2v) is 7.18. The van der Waals surface area contributed by atoms with Gasteiger partial charge in [0.25, 0.3) is 5.91 Å². The smallest absolute Gasteiger partial charge is 0.267 e. The van der Waals surface area contributed by atoms with Crippen LogP contribution in [0.3, 0.4) is 0 Å². The predicted molar refractivity (Wildman–Crippen MR) is 106 cm³/mol. The molecule has 1 aromatic carbocycles. The molecule has 1 amide bonds. The van der Waals surface area contributed by atoms with Crippen LogP contribution in [0.25, 0.3) is 16.0 Å². The molecule has 3 aromatic heterocycles. The number of nitrogens with zero attached hydrogens (tertiary/aromatic N) is 2. The normalized spacial score (nSPS) is 11.1. The summed E-state index contributed by atoms with van der Waals surface area (Å²) in [5, 5.41) is 4.93. The summed E-state index contributed by atoms with van der Waals surface area (Å²) in [5.41, 5.74) is 2.72. The highest BCUT2D eigenvalue weighted by molar-refractivity contribution is 7.16. The van der Waals surface area contributed by atoms with E-state index in [0.29, 0.717) is 4.88 Å². The van der Waals surface area contributed by atoms with Crippen LogP contribution in [-0.4, -0.2) is 20.4 Å². The average Bonchev–Trinajstić information content (AvgIpc) is 3.38. The van der Waals surface area contributed by atoms with E-state index in [1.54, 1.807) is 0 Å². The molecule has 6 heteroatoms. The zero-order valence-corrected chi connectivity index (χ0v) is 15.3. The van der Waals surface area contributed by atoms with E-state index in [-0.39, 0.29) is 5.91 Å². The molecule has 4 rings (SSSR count). The quantitative estimate of drug-likeness (QED) is 0.505. The summed E-state index contributed by atoms with van der Waals surface area (Å²) >= 11 is 1.43. The predicted octanol–water partition coefficient (Wildman–Crippen LogP) is 5.01. The molecule has 0 unspecified atom stereocenters. The van der Waals surface area contributed by atoms with Gasteiger partial charge < -0.3 is 14.9 Å². The lowest BCUT2D eigenvalue weighted by Crippen LogP contribution is -2.12. The molecule has 132 valence electrons. The molecular formula is C20H20N4OS. The van der Waals surface area contributed by atoms with Crippen LogP contribution in [0.15, 0.2) is 55.0 Å². The first-order valence-corrected chi connectivity index (χ1v) is 9.58. The monoisotopic (exact) mass is 364 g/mol. The maximum atomic E-state index is 12.9. The van der Waals surface area contributed by atoms with Gasteiger partial charge in [-0.15, -0.1) is 0 Å². The summed E-state index contributed by atoms with van der Waals surface area (Å²) in [6.07, 6.45) is 8.69. The molecule has 0 saturated heterocycles. The number of nitrogens with one attached hydrogen (secondary N) is 2. The Kier molecular flexibility index (Phi) is 4.58. The van der Waals surface area contributed by atoms with Crippen molar-refractivity contribution in [3.63, 3.8) is 0 Å². The molecule has 0 spiro atoms. The van der Waals surface area contributed by atoms with Gasteiger partial charge in [0, 0.05) is 35.2 Å². The number of unbranched alkanes of at least 4 members (excludes halogenated alkanes) is 1. The Morgan fingerprint density at radius 3 is 2.92 bits per heavy atom. The van der Waals surface area contributed by atoms with Crippen LogP contribution < -0.4 is 5.32 Å². The lowest BCUT2D eigenvalue weighted by Gasteiger charge is -2.05. The molecule has 2 N–H and O–H groups in total. The number of hydrogen-bond acceptors (Lipinski definition) is 3. The molecule has 0 fully saturated rings.